The van der Waals surface area contributed by atoms with Gasteiger partial charge in [-0.15, -0.1) is 0 Å². The number of carbonyl (C=O) groups is 6. The maximum atomic E-state index is 13.2. The van der Waals surface area contributed by atoms with E-state index in [1.807, 2.05) is 114 Å². The molecule has 9 aromatic rings. The molecule has 578 valence electrons. The fourth-order valence-corrected chi connectivity index (χ4v) is 13.3. The number of hydrogen-bond acceptors (Lipinski definition) is 16. The molecule has 0 amide bonds. The van der Waals surface area contributed by atoms with Gasteiger partial charge in [0.25, 0.3) is 0 Å². The predicted octanol–water partition coefficient (Wildman–Crippen LogP) is 22.1. The van der Waals surface area contributed by atoms with Gasteiger partial charge in [-0.25, -0.2) is 19.2 Å². The highest BCUT2D eigenvalue weighted by Crippen LogP contribution is 2.48. The minimum atomic E-state index is -0.895. The summed E-state index contributed by atoms with van der Waals surface area (Å²) in [6, 6.07) is 71.3. The first-order valence-corrected chi connectivity index (χ1v) is 37.1. The minimum Gasteiger partial charge on any atom is -0.460 e. The fraction of sp³-hybridized carbons (Fsp3) is 0.362. The lowest BCUT2D eigenvalue weighted by Crippen LogP contribution is -2.29. The highest BCUT2D eigenvalue weighted by atomic mass is 16.8. The van der Waals surface area contributed by atoms with E-state index in [0.717, 1.165) is 77.9 Å². The fourth-order valence-electron chi connectivity index (χ4n) is 13.3. The van der Waals surface area contributed by atoms with Crippen molar-refractivity contribution in [1.82, 2.24) is 0 Å². The lowest BCUT2D eigenvalue weighted by Gasteiger charge is -2.37. The Morgan fingerprint density at radius 1 is 0.191 bits per heavy atom. The van der Waals surface area contributed by atoms with Gasteiger partial charge in [0.15, 0.2) is 0 Å². The van der Waals surface area contributed by atoms with Crippen molar-refractivity contribution >= 4 is 36.6 Å². The largest absolute Gasteiger partial charge is 0.514 e. The van der Waals surface area contributed by atoms with Crippen LogP contribution < -0.4 is 18.9 Å². The summed E-state index contributed by atoms with van der Waals surface area (Å²) in [7, 11) is 0. The van der Waals surface area contributed by atoms with Gasteiger partial charge in [-0.3, -0.25) is 9.59 Å². The van der Waals surface area contributed by atoms with Crippen molar-refractivity contribution in [3.8, 4) is 23.0 Å². The number of ether oxygens (including phenoxy) is 10. The zero-order valence-electron chi connectivity index (χ0n) is 67.7. The summed E-state index contributed by atoms with van der Waals surface area (Å²) < 4.78 is 56.0. The van der Waals surface area contributed by atoms with E-state index in [1.165, 1.54) is 0 Å². The standard InChI is InChI=1S/C94H106O16/c1-85(2,3)105-79(95)59-61-23-27-63(28-24-61)91(19,64-29-25-62(26-30-64)60-80(96)106-86(4,5)6)65-31-33-66(34-32-65)92(20,67-35-39-69(40-36-67)93(21,71-43-51-75(52-44-71)101-81(97)107-87(7,8)9)72-45-53-76(54-46-72)102-82(98)108-88(10,11)12)68-37-41-70(42-38-68)94(22,73-47-55-77(56-48-73)103-83(99)109-89(13,14)15)74-49-57-78(58-50-74)104-84(100)110-90(16,17)18/h23-58H,59-60H2,1-22H3. The summed E-state index contributed by atoms with van der Waals surface area (Å²) in [5.41, 5.74) is 4.73. The molecule has 0 saturated heterocycles. The van der Waals surface area contributed by atoms with Gasteiger partial charge in [-0.05, 0) is 279 Å². The van der Waals surface area contributed by atoms with Crippen molar-refractivity contribution in [3.05, 3.63) is 296 Å². The molecule has 0 radical (unpaired) electrons. The molecule has 110 heavy (non-hydrogen) atoms. The zero-order chi connectivity index (χ0) is 80.8. The Labute approximate surface area is 649 Å². The lowest BCUT2D eigenvalue weighted by molar-refractivity contribution is -0.155. The van der Waals surface area contributed by atoms with Crippen molar-refractivity contribution in [3.63, 3.8) is 0 Å². The average molecular weight is 1490 g/mol. The first kappa shape index (κ1) is 83.0. The summed E-state index contributed by atoms with van der Waals surface area (Å²) in [6.07, 6.45) is -3.13. The van der Waals surface area contributed by atoms with Crippen molar-refractivity contribution in [2.75, 3.05) is 0 Å². The van der Waals surface area contributed by atoms with Gasteiger partial charge in [0, 0.05) is 21.7 Å². The van der Waals surface area contributed by atoms with Crippen LogP contribution in [-0.2, 0) is 72.5 Å². The molecule has 0 N–H and O–H groups in total. The van der Waals surface area contributed by atoms with Gasteiger partial charge in [-0.2, -0.15) is 0 Å². The van der Waals surface area contributed by atoms with Crippen molar-refractivity contribution in [1.29, 1.82) is 0 Å². The van der Waals surface area contributed by atoms with Crippen molar-refractivity contribution < 1.29 is 76.1 Å². The molecule has 9 aromatic carbocycles. The Morgan fingerprint density at radius 2 is 0.318 bits per heavy atom. The Kier molecular flexibility index (Phi) is 24.4. The lowest BCUT2D eigenvalue weighted by atomic mass is 9.66. The van der Waals surface area contributed by atoms with Gasteiger partial charge in [0.2, 0.25) is 0 Å². The minimum absolute atomic E-state index is 0.0982. The number of rotatable bonds is 20. The molecular weight excluding hydrogens is 1390 g/mol. The van der Waals surface area contributed by atoms with Crippen LogP contribution in [0.3, 0.4) is 0 Å². The Hall–Kier alpha value is -11.0. The van der Waals surface area contributed by atoms with Crippen molar-refractivity contribution in [2.24, 2.45) is 0 Å². The molecule has 0 aliphatic heterocycles. The molecule has 0 saturated carbocycles. The molecule has 0 heterocycles. The third kappa shape index (κ3) is 21.3. The average Bonchev–Trinajstić information content (AvgIpc) is 0.730. The quantitative estimate of drug-likeness (QED) is 0.0302. The highest BCUT2D eigenvalue weighted by molar-refractivity contribution is 5.74. The summed E-state index contributed by atoms with van der Waals surface area (Å²) in [5, 5.41) is 0. The van der Waals surface area contributed by atoms with Crippen LogP contribution in [0.1, 0.15) is 230 Å². The maximum absolute atomic E-state index is 13.2. The molecule has 0 atom stereocenters. The van der Waals surface area contributed by atoms with Crippen LogP contribution in [0.25, 0.3) is 0 Å². The molecule has 0 unspecified atom stereocenters. The number of carbonyl (C=O) groups excluding carboxylic acids is 6. The van der Waals surface area contributed by atoms with E-state index >= 15 is 0 Å². The molecule has 16 nitrogen and oxygen atoms in total. The van der Waals surface area contributed by atoms with Gasteiger partial charge in [0.1, 0.15) is 56.6 Å². The van der Waals surface area contributed by atoms with Gasteiger partial charge in [0.05, 0.1) is 12.8 Å². The Morgan fingerprint density at radius 3 is 0.455 bits per heavy atom. The maximum Gasteiger partial charge on any atom is 0.514 e. The van der Waals surface area contributed by atoms with Crippen LogP contribution in [0.5, 0.6) is 23.0 Å². The van der Waals surface area contributed by atoms with Crippen LogP contribution >= 0.6 is 0 Å². The molecule has 0 aliphatic carbocycles. The first-order chi connectivity index (χ1) is 51.1. The molecule has 0 bridgehead atoms. The molecule has 0 fully saturated rings. The second kappa shape index (κ2) is 32.3. The number of hydrogen-bond donors (Lipinski definition) is 0. The second-order valence-corrected chi connectivity index (χ2v) is 34.5. The van der Waals surface area contributed by atoms with E-state index in [1.54, 1.807) is 132 Å². The summed E-state index contributed by atoms with van der Waals surface area (Å²) in [5.74, 6) is 0.525. The van der Waals surface area contributed by atoms with Crippen molar-refractivity contribution in [2.45, 2.75) is 220 Å². The van der Waals surface area contributed by atoms with Crippen LogP contribution in [0.2, 0.25) is 0 Å². The highest BCUT2D eigenvalue weighted by Gasteiger charge is 2.39. The third-order valence-electron chi connectivity index (χ3n) is 18.8. The molecule has 16 heteroatoms. The topological polar surface area (TPSA) is 195 Å². The smallest absolute Gasteiger partial charge is 0.460 e. The van der Waals surface area contributed by atoms with Crippen LogP contribution in [-0.4, -0.2) is 70.2 Å². The number of benzene rings is 9. The molecule has 0 aliphatic rings. The Bertz CT molecular complexity index is 3990. The van der Waals surface area contributed by atoms with E-state index in [9.17, 15) is 28.8 Å². The molecule has 9 rings (SSSR count). The van der Waals surface area contributed by atoms with E-state index in [4.69, 9.17) is 47.4 Å². The molecule has 0 aromatic heterocycles. The summed E-state index contributed by atoms with van der Waals surface area (Å²) >= 11 is 0. The van der Waals surface area contributed by atoms with Crippen LogP contribution in [0.4, 0.5) is 19.2 Å². The van der Waals surface area contributed by atoms with Gasteiger partial charge < -0.3 is 47.4 Å². The van der Waals surface area contributed by atoms with E-state index in [2.05, 4.69) is 125 Å². The van der Waals surface area contributed by atoms with Gasteiger partial charge >= 0.3 is 36.6 Å². The molecular formula is C94H106O16. The second-order valence-electron chi connectivity index (χ2n) is 34.5. The molecule has 0 spiro atoms. The number of esters is 2. The van der Waals surface area contributed by atoms with E-state index in [-0.39, 0.29) is 24.8 Å². The normalized spacial score (nSPS) is 12.6. The van der Waals surface area contributed by atoms with Crippen LogP contribution in [0, 0.1) is 0 Å². The summed E-state index contributed by atoms with van der Waals surface area (Å²) in [4.78, 5) is 78.1. The monoisotopic (exact) mass is 1490 g/mol. The van der Waals surface area contributed by atoms with Crippen LogP contribution in [0.15, 0.2) is 218 Å². The van der Waals surface area contributed by atoms with E-state index in [0.29, 0.717) is 23.0 Å². The Balaban J connectivity index is 1.21. The zero-order valence-corrected chi connectivity index (χ0v) is 67.7. The van der Waals surface area contributed by atoms with Gasteiger partial charge in [-0.1, -0.05) is 170 Å². The first-order valence-electron chi connectivity index (χ1n) is 37.1. The third-order valence-corrected chi connectivity index (χ3v) is 18.8. The summed E-state index contributed by atoms with van der Waals surface area (Å²) in [6.45, 7) is 41.0. The SMILES string of the molecule is CC(C)(C)OC(=O)Cc1ccc(C(C)(c2ccc(CC(=O)OC(C)(C)C)cc2)c2ccc(C(C)(c3ccc(C(C)(c4ccc(OC(=O)OC(C)(C)C)cc4)c4ccc(OC(=O)OC(C)(C)C)cc4)cc3)c3ccc(C(C)(c4ccc(OC(=O)OC(C)(C)C)cc4)c4ccc(OC(=O)OC(C)(C)C)cc4)cc3)cc2)cc1. The predicted molar refractivity (Wildman–Crippen MR) is 427 cm³/mol. The van der Waals surface area contributed by atoms with E-state index < -0.39 is 79.9 Å².